The van der Waals surface area contributed by atoms with Crippen LogP contribution in [0, 0.1) is 17.2 Å². The van der Waals surface area contributed by atoms with Crippen LogP contribution in [0.25, 0.3) is 0 Å². The number of carbonyl (C=O) groups excluding carboxylic acids is 1. The molecule has 0 spiro atoms. The van der Waals surface area contributed by atoms with Crippen LogP contribution >= 0.6 is 0 Å². The van der Waals surface area contributed by atoms with Crippen LogP contribution in [0.15, 0.2) is 24.3 Å². The first-order valence-corrected chi connectivity index (χ1v) is 7.84. The van der Waals surface area contributed by atoms with Gasteiger partial charge in [0, 0.05) is 19.0 Å². The van der Waals surface area contributed by atoms with Gasteiger partial charge in [0.25, 0.3) is 0 Å². The molecular weight excluding hydrogens is 276 g/mol. The molecule has 1 aliphatic rings. The molecule has 0 aliphatic carbocycles. The second-order valence-electron chi connectivity index (χ2n) is 6.71. The molecule has 2 rings (SSSR count). The third-order valence-corrected chi connectivity index (χ3v) is 4.68. The monoisotopic (exact) mass is 300 g/mol. The summed E-state index contributed by atoms with van der Waals surface area (Å²) in [5.74, 6) is 0.215. The predicted molar refractivity (Wildman–Crippen MR) is 85.2 cm³/mol. The molecule has 1 amide bonds. The van der Waals surface area contributed by atoms with Crippen molar-refractivity contribution in [3.05, 3.63) is 35.4 Å². The largest absolute Gasteiger partial charge is 0.393 e. The van der Waals surface area contributed by atoms with E-state index in [0.717, 1.165) is 24.9 Å². The van der Waals surface area contributed by atoms with Gasteiger partial charge in [-0.25, -0.2) is 0 Å². The number of carbonyl (C=O) groups is 1. The average molecular weight is 300 g/mol. The minimum Gasteiger partial charge on any atom is -0.393 e. The van der Waals surface area contributed by atoms with Gasteiger partial charge in [0.05, 0.1) is 23.2 Å². The highest BCUT2D eigenvalue weighted by atomic mass is 16.3. The normalized spacial score (nSPS) is 20.3. The van der Waals surface area contributed by atoms with Gasteiger partial charge in [-0.15, -0.1) is 0 Å². The van der Waals surface area contributed by atoms with E-state index < -0.39 is 5.41 Å². The number of nitriles is 1. The number of hydrogen-bond donors (Lipinski definition) is 1. The zero-order valence-electron chi connectivity index (χ0n) is 13.5. The molecule has 0 radical (unpaired) electrons. The Morgan fingerprint density at radius 2 is 2.23 bits per heavy atom. The van der Waals surface area contributed by atoms with Crippen LogP contribution in [-0.2, 0) is 10.2 Å². The minimum absolute atomic E-state index is 0.0629. The van der Waals surface area contributed by atoms with E-state index in [2.05, 4.69) is 6.07 Å². The van der Waals surface area contributed by atoms with Crippen molar-refractivity contribution in [2.24, 2.45) is 5.92 Å². The number of aliphatic hydroxyl groups excluding tert-OH is 1. The van der Waals surface area contributed by atoms with Crippen LogP contribution in [0.3, 0.4) is 0 Å². The molecule has 1 heterocycles. The molecule has 4 nitrogen and oxygen atoms in total. The highest BCUT2D eigenvalue weighted by Gasteiger charge is 2.36. The molecule has 2 unspecified atom stereocenters. The van der Waals surface area contributed by atoms with Crippen LogP contribution in [0.2, 0.25) is 0 Å². The Morgan fingerprint density at radius 1 is 1.50 bits per heavy atom. The highest BCUT2D eigenvalue weighted by molar-refractivity contribution is 5.87. The molecule has 2 atom stereocenters. The Morgan fingerprint density at radius 3 is 2.86 bits per heavy atom. The Hall–Kier alpha value is -1.86. The third-order valence-electron chi connectivity index (χ3n) is 4.68. The molecule has 1 aromatic carbocycles. The fourth-order valence-corrected chi connectivity index (χ4v) is 3.08. The molecule has 1 saturated heterocycles. The maximum Gasteiger partial charge on any atom is 0.232 e. The molecule has 118 valence electrons. The van der Waals surface area contributed by atoms with Gasteiger partial charge < -0.3 is 10.0 Å². The molecule has 1 aromatic rings. The first kappa shape index (κ1) is 16.5. The van der Waals surface area contributed by atoms with Gasteiger partial charge >= 0.3 is 0 Å². The van der Waals surface area contributed by atoms with Gasteiger partial charge in [0.15, 0.2) is 0 Å². The van der Waals surface area contributed by atoms with Crippen molar-refractivity contribution >= 4 is 5.91 Å². The fraction of sp³-hybridized carbons (Fsp3) is 0.556. The lowest BCUT2D eigenvalue weighted by atomic mass is 9.81. The van der Waals surface area contributed by atoms with Crippen LogP contribution < -0.4 is 0 Å². The molecule has 1 fully saturated rings. The van der Waals surface area contributed by atoms with E-state index in [1.165, 1.54) is 0 Å². The van der Waals surface area contributed by atoms with Crippen molar-refractivity contribution in [3.8, 4) is 6.07 Å². The SMILES string of the molecule is CC(O)C1CCCN(C(=O)C(C)(C)c2cccc(C#N)c2)C1. The summed E-state index contributed by atoms with van der Waals surface area (Å²) in [4.78, 5) is 14.8. The van der Waals surface area contributed by atoms with Crippen LogP contribution in [0.1, 0.15) is 44.7 Å². The van der Waals surface area contributed by atoms with Gasteiger partial charge in [-0.2, -0.15) is 5.26 Å². The van der Waals surface area contributed by atoms with E-state index in [0.29, 0.717) is 12.1 Å². The van der Waals surface area contributed by atoms with E-state index in [-0.39, 0.29) is 17.9 Å². The second-order valence-corrected chi connectivity index (χ2v) is 6.71. The van der Waals surface area contributed by atoms with Crippen molar-refractivity contribution in [1.82, 2.24) is 4.90 Å². The number of amides is 1. The molecule has 1 N–H and O–H groups in total. The number of hydrogen-bond acceptors (Lipinski definition) is 3. The van der Waals surface area contributed by atoms with Gasteiger partial charge in [0.2, 0.25) is 5.91 Å². The van der Waals surface area contributed by atoms with Crippen molar-refractivity contribution in [2.75, 3.05) is 13.1 Å². The van der Waals surface area contributed by atoms with Gasteiger partial charge in [-0.1, -0.05) is 12.1 Å². The molecule has 1 aliphatic heterocycles. The summed E-state index contributed by atoms with van der Waals surface area (Å²) >= 11 is 0. The summed E-state index contributed by atoms with van der Waals surface area (Å²) in [6.07, 6.45) is 1.50. The van der Waals surface area contributed by atoms with E-state index in [1.54, 1.807) is 19.1 Å². The quantitative estimate of drug-likeness (QED) is 0.932. The molecule has 4 heteroatoms. The summed E-state index contributed by atoms with van der Waals surface area (Å²) in [5, 5.41) is 18.8. The number of aliphatic hydroxyl groups is 1. The standard InChI is InChI=1S/C18H24N2O2/c1-13(21)15-7-5-9-20(12-15)17(22)18(2,3)16-8-4-6-14(10-16)11-19/h4,6,8,10,13,15,21H,5,7,9,12H2,1-3H3. The number of piperidine rings is 1. The minimum atomic E-state index is -0.673. The number of likely N-dealkylation sites (tertiary alicyclic amines) is 1. The Labute approximate surface area is 132 Å². The van der Waals surface area contributed by atoms with Crippen molar-refractivity contribution in [3.63, 3.8) is 0 Å². The van der Waals surface area contributed by atoms with E-state index in [9.17, 15) is 9.90 Å². The van der Waals surface area contributed by atoms with E-state index in [1.807, 2.05) is 30.9 Å². The average Bonchev–Trinajstić information content (AvgIpc) is 2.54. The number of benzene rings is 1. The highest BCUT2D eigenvalue weighted by Crippen LogP contribution is 2.29. The van der Waals surface area contributed by atoms with Gasteiger partial charge in [-0.05, 0) is 51.3 Å². The Kier molecular flexibility index (Phi) is 4.87. The molecule has 0 aromatic heterocycles. The lowest BCUT2D eigenvalue weighted by molar-refractivity contribution is -0.139. The molecule has 22 heavy (non-hydrogen) atoms. The van der Waals surface area contributed by atoms with Gasteiger partial charge in [0.1, 0.15) is 0 Å². The van der Waals surface area contributed by atoms with Crippen molar-refractivity contribution < 1.29 is 9.90 Å². The molecule has 0 bridgehead atoms. The fourth-order valence-electron chi connectivity index (χ4n) is 3.08. The summed E-state index contributed by atoms with van der Waals surface area (Å²) in [6, 6.07) is 9.37. The van der Waals surface area contributed by atoms with E-state index in [4.69, 9.17) is 5.26 Å². The second kappa shape index (κ2) is 6.50. The summed E-state index contributed by atoms with van der Waals surface area (Å²) in [7, 11) is 0. The maximum absolute atomic E-state index is 12.9. The van der Waals surface area contributed by atoms with Crippen molar-refractivity contribution in [2.45, 2.75) is 45.1 Å². The summed E-state index contributed by atoms with van der Waals surface area (Å²) in [5.41, 5.74) is 0.752. The van der Waals surface area contributed by atoms with Crippen LogP contribution in [0.5, 0.6) is 0 Å². The summed E-state index contributed by atoms with van der Waals surface area (Å²) in [6.45, 7) is 6.94. The molecule has 0 saturated carbocycles. The zero-order valence-corrected chi connectivity index (χ0v) is 13.5. The molecular formula is C18H24N2O2. The lowest BCUT2D eigenvalue weighted by Crippen LogP contribution is -2.49. The lowest BCUT2D eigenvalue weighted by Gasteiger charge is -2.38. The van der Waals surface area contributed by atoms with Crippen LogP contribution in [-0.4, -0.2) is 35.1 Å². The van der Waals surface area contributed by atoms with Crippen molar-refractivity contribution in [1.29, 1.82) is 5.26 Å². The smallest absolute Gasteiger partial charge is 0.232 e. The zero-order chi connectivity index (χ0) is 16.3. The summed E-state index contributed by atoms with van der Waals surface area (Å²) < 4.78 is 0. The van der Waals surface area contributed by atoms with E-state index >= 15 is 0 Å². The van der Waals surface area contributed by atoms with Gasteiger partial charge in [-0.3, -0.25) is 4.79 Å². The Balaban J connectivity index is 2.21. The first-order chi connectivity index (χ1) is 10.4. The number of nitrogens with zero attached hydrogens (tertiary/aromatic N) is 2. The third kappa shape index (κ3) is 3.31. The maximum atomic E-state index is 12.9. The first-order valence-electron chi connectivity index (χ1n) is 7.84. The predicted octanol–water partition coefficient (Wildman–Crippen LogP) is 2.46. The Bertz CT molecular complexity index is 587. The topological polar surface area (TPSA) is 64.3 Å². The van der Waals surface area contributed by atoms with Crippen LogP contribution in [0.4, 0.5) is 0 Å². The number of rotatable bonds is 3.